The van der Waals surface area contributed by atoms with Crippen LogP contribution in [0.25, 0.3) is 0 Å². The Hall–Kier alpha value is -2.14. The Labute approximate surface area is 191 Å². The third-order valence-electron chi connectivity index (χ3n) is 5.77. The summed E-state index contributed by atoms with van der Waals surface area (Å²) in [5.74, 6) is -0.426. The normalized spacial score (nSPS) is 17.2. The van der Waals surface area contributed by atoms with Crippen molar-refractivity contribution in [3.05, 3.63) is 71.3 Å². The minimum atomic E-state index is -2.41. The van der Waals surface area contributed by atoms with E-state index in [0.29, 0.717) is 18.7 Å². The molecule has 32 heavy (non-hydrogen) atoms. The monoisotopic (exact) mass is 460 g/mol. The Bertz CT molecular complexity index is 873. The van der Waals surface area contributed by atoms with Crippen LogP contribution in [-0.2, 0) is 22.5 Å². The van der Waals surface area contributed by atoms with Crippen molar-refractivity contribution in [2.24, 2.45) is 0 Å². The molecule has 1 aliphatic rings. The summed E-state index contributed by atoms with van der Waals surface area (Å²) in [6, 6.07) is 16.6. The van der Waals surface area contributed by atoms with Gasteiger partial charge in [-0.1, -0.05) is 42.5 Å². The predicted octanol–water partition coefficient (Wildman–Crippen LogP) is 1.42. The second kappa shape index (κ2) is 12.2. The fourth-order valence-corrected chi connectivity index (χ4v) is 4.50. The van der Waals surface area contributed by atoms with Crippen LogP contribution in [0.5, 0.6) is 0 Å². The highest BCUT2D eigenvalue weighted by Crippen LogP contribution is 2.25. The molecule has 2 atom stereocenters. The number of nitrogens with zero attached hydrogens (tertiary/aromatic N) is 3. The van der Waals surface area contributed by atoms with Gasteiger partial charge in [0.05, 0.1) is 19.3 Å². The van der Waals surface area contributed by atoms with Crippen LogP contribution in [0.4, 0.5) is 0 Å². The molecule has 0 aliphatic carbocycles. The van der Waals surface area contributed by atoms with Crippen LogP contribution in [0.1, 0.15) is 27.5 Å². The number of methoxy groups -OCH3 is 1. The summed E-state index contributed by atoms with van der Waals surface area (Å²) >= 11 is -2.41. The number of ether oxygens (including phenoxy) is 1. The molecule has 8 nitrogen and oxygen atoms in total. The zero-order valence-electron chi connectivity index (χ0n) is 18.3. The molecule has 1 saturated heterocycles. The largest absolute Gasteiger partial charge is 0.760 e. The summed E-state index contributed by atoms with van der Waals surface area (Å²) < 4.78 is 30.4. The van der Waals surface area contributed by atoms with Crippen LogP contribution in [-0.4, -0.2) is 86.9 Å². The lowest BCUT2D eigenvalue weighted by Gasteiger charge is -2.41. The Balaban J connectivity index is 1.75. The number of rotatable bonds is 10. The third kappa shape index (κ3) is 6.68. The number of aliphatic hydroxyl groups is 1. The third-order valence-corrected chi connectivity index (χ3v) is 6.47. The van der Waals surface area contributed by atoms with E-state index in [-0.39, 0.29) is 19.2 Å². The van der Waals surface area contributed by atoms with Crippen LogP contribution < -0.4 is 0 Å². The molecule has 9 heteroatoms. The predicted molar refractivity (Wildman–Crippen MR) is 121 cm³/mol. The van der Waals surface area contributed by atoms with Gasteiger partial charge in [-0.25, -0.2) is 9.10 Å². The van der Waals surface area contributed by atoms with Gasteiger partial charge in [-0.05, 0) is 23.3 Å². The van der Waals surface area contributed by atoms with Gasteiger partial charge >= 0.3 is 5.97 Å². The number of carbonyl (C=O) groups is 1. The maximum atomic E-state index is 12.1. The van der Waals surface area contributed by atoms with E-state index in [9.17, 15) is 18.7 Å². The lowest BCUT2D eigenvalue weighted by atomic mass is 10.0. The molecule has 0 spiro atoms. The fraction of sp³-hybridized carbons (Fsp3) is 0.435. The molecule has 1 heterocycles. The molecule has 2 aromatic carbocycles. The minimum Gasteiger partial charge on any atom is -0.760 e. The number of piperazine rings is 1. The van der Waals surface area contributed by atoms with Gasteiger partial charge in [0, 0.05) is 63.1 Å². The zero-order valence-corrected chi connectivity index (χ0v) is 19.1. The van der Waals surface area contributed by atoms with E-state index in [2.05, 4.69) is 9.80 Å². The van der Waals surface area contributed by atoms with Crippen molar-refractivity contribution in [3.63, 3.8) is 0 Å². The molecule has 3 rings (SSSR count). The topological polar surface area (TPSA) is 96.4 Å². The lowest BCUT2D eigenvalue weighted by molar-refractivity contribution is 0.0600. The highest BCUT2D eigenvalue weighted by Gasteiger charge is 2.27. The van der Waals surface area contributed by atoms with Crippen molar-refractivity contribution in [2.75, 3.05) is 53.0 Å². The highest BCUT2D eigenvalue weighted by atomic mass is 32.2. The van der Waals surface area contributed by atoms with E-state index in [1.807, 2.05) is 30.3 Å². The first-order valence-electron chi connectivity index (χ1n) is 10.7. The highest BCUT2D eigenvalue weighted by molar-refractivity contribution is 7.76. The number of esters is 1. The maximum Gasteiger partial charge on any atom is 0.337 e. The van der Waals surface area contributed by atoms with Crippen molar-refractivity contribution in [1.82, 2.24) is 14.1 Å². The number of hydrogen-bond acceptors (Lipinski definition) is 7. The summed E-state index contributed by atoms with van der Waals surface area (Å²) in [5, 5.41) is 9.20. The van der Waals surface area contributed by atoms with Crippen LogP contribution in [0.3, 0.4) is 0 Å². The molecule has 1 fully saturated rings. The maximum absolute atomic E-state index is 12.1. The van der Waals surface area contributed by atoms with Gasteiger partial charge in [-0.2, -0.15) is 0 Å². The molecular formula is C23H30N3O5S-. The van der Waals surface area contributed by atoms with E-state index in [4.69, 9.17) is 4.74 Å². The van der Waals surface area contributed by atoms with Gasteiger partial charge in [0.2, 0.25) is 0 Å². The quantitative estimate of drug-likeness (QED) is 0.423. The summed E-state index contributed by atoms with van der Waals surface area (Å²) in [6.07, 6.45) is 0. The first-order valence-corrected chi connectivity index (χ1v) is 11.7. The smallest absolute Gasteiger partial charge is 0.337 e. The summed E-state index contributed by atoms with van der Waals surface area (Å²) in [7, 11) is 1.33. The second-order valence-electron chi connectivity index (χ2n) is 7.76. The zero-order chi connectivity index (χ0) is 22.9. The van der Waals surface area contributed by atoms with E-state index >= 15 is 0 Å². The van der Waals surface area contributed by atoms with E-state index < -0.39 is 17.2 Å². The molecule has 2 aromatic rings. The molecule has 0 amide bonds. The van der Waals surface area contributed by atoms with Crippen molar-refractivity contribution < 1.29 is 23.4 Å². The molecule has 0 radical (unpaired) electrons. The average molecular weight is 461 g/mol. The van der Waals surface area contributed by atoms with E-state index in [0.717, 1.165) is 37.3 Å². The number of β-amino-alcohol motifs (C(OH)–C–C–N with tert-alkyl or cyclic N) is 1. The molecule has 0 bridgehead atoms. The summed E-state index contributed by atoms with van der Waals surface area (Å²) in [4.78, 5) is 16.2. The van der Waals surface area contributed by atoms with Gasteiger partial charge in [0.25, 0.3) is 0 Å². The van der Waals surface area contributed by atoms with Gasteiger partial charge < -0.3 is 14.4 Å². The van der Waals surface area contributed by atoms with Crippen molar-refractivity contribution in [1.29, 1.82) is 0 Å². The number of carbonyl (C=O) groups excluding carboxylic acids is 1. The van der Waals surface area contributed by atoms with E-state index in [1.54, 1.807) is 24.3 Å². The Morgan fingerprint density at radius 3 is 2.34 bits per heavy atom. The number of benzene rings is 2. The van der Waals surface area contributed by atoms with Crippen molar-refractivity contribution >= 4 is 17.2 Å². The lowest BCUT2D eigenvalue weighted by Crippen LogP contribution is -2.50. The van der Waals surface area contributed by atoms with Gasteiger partial charge in [0.1, 0.15) is 0 Å². The minimum absolute atomic E-state index is 0.0836. The average Bonchev–Trinajstić information content (AvgIpc) is 2.83. The van der Waals surface area contributed by atoms with Crippen LogP contribution in [0.2, 0.25) is 0 Å². The molecule has 0 aromatic heterocycles. The molecule has 0 saturated carbocycles. The van der Waals surface area contributed by atoms with Crippen LogP contribution in [0.15, 0.2) is 54.6 Å². The fourth-order valence-electron chi connectivity index (χ4n) is 3.99. The molecular weight excluding hydrogens is 430 g/mol. The van der Waals surface area contributed by atoms with Gasteiger partial charge in [0.15, 0.2) is 0 Å². The van der Waals surface area contributed by atoms with Gasteiger partial charge in [-0.15, -0.1) is 0 Å². The standard InChI is InChI=1S/C23H31N3O5S/c1-31-23(28)21-9-7-19(8-10-21)17-26(32(29)30)18-22(20-5-3-2-4-6-20)25-13-11-24(12-14-25)15-16-27/h2-10,22,27H,11-18H2,1H3,(H,29,30)/p-1. The SMILES string of the molecule is COC(=O)c1ccc(CN(CC(c2ccccc2)N2CCN(CCO)CC2)S(=O)[O-])cc1. The summed E-state index contributed by atoms with van der Waals surface area (Å²) in [5.41, 5.74) is 2.29. The molecule has 2 unspecified atom stereocenters. The second-order valence-corrected chi connectivity index (χ2v) is 8.71. The van der Waals surface area contributed by atoms with Crippen molar-refractivity contribution in [3.8, 4) is 0 Å². The van der Waals surface area contributed by atoms with Crippen molar-refractivity contribution in [2.45, 2.75) is 12.6 Å². The van der Waals surface area contributed by atoms with Crippen LogP contribution >= 0.6 is 0 Å². The Morgan fingerprint density at radius 2 is 1.78 bits per heavy atom. The number of hydrogen-bond donors (Lipinski definition) is 1. The van der Waals surface area contributed by atoms with Gasteiger partial charge in [-0.3, -0.25) is 14.0 Å². The first kappa shape index (κ1) is 24.5. The van der Waals surface area contributed by atoms with Crippen LogP contribution in [0, 0.1) is 0 Å². The number of aliphatic hydroxyl groups excluding tert-OH is 1. The molecule has 1 aliphatic heterocycles. The van der Waals surface area contributed by atoms with E-state index in [1.165, 1.54) is 11.4 Å². The molecule has 174 valence electrons. The summed E-state index contributed by atoms with van der Waals surface area (Å²) in [6.45, 7) is 4.59. The Morgan fingerprint density at radius 1 is 1.12 bits per heavy atom. The first-order chi connectivity index (χ1) is 15.5. The Kier molecular flexibility index (Phi) is 9.34. The molecule has 1 N–H and O–H groups in total.